The van der Waals surface area contributed by atoms with Crippen LogP contribution in [0.5, 0.6) is 0 Å². The fourth-order valence-electron chi connectivity index (χ4n) is 1.44. The molecule has 0 radical (unpaired) electrons. The highest BCUT2D eigenvalue weighted by molar-refractivity contribution is 4.88. The van der Waals surface area contributed by atoms with Crippen LogP contribution in [-0.4, -0.2) is 64.3 Å². The van der Waals surface area contributed by atoms with E-state index in [1.165, 1.54) is 0 Å². The number of ether oxygens (including phenoxy) is 2. The van der Waals surface area contributed by atoms with E-state index in [0.29, 0.717) is 6.61 Å². The zero-order valence-corrected chi connectivity index (χ0v) is 8.61. The van der Waals surface area contributed by atoms with Gasteiger partial charge in [-0.15, -0.1) is 0 Å². The Balaban J connectivity index is 2.57. The van der Waals surface area contributed by atoms with Crippen LogP contribution in [0.25, 0.3) is 0 Å². The normalized spacial score (nSPS) is 41.8. The predicted molar refractivity (Wildman–Crippen MR) is 50.0 cm³/mol. The monoisotopic (exact) mass is 222 g/mol. The van der Waals surface area contributed by atoms with E-state index in [-0.39, 0.29) is 0 Å². The molecule has 0 aromatic carbocycles. The van der Waals surface area contributed by atoms with Gasteiger partial charge in [-0.05, 0) is 6.42 Å². The highest BCUT2D eigenvalue weighted by Crippen LogP contribution is 2.21. The van der Waals surface area contributed by atoms with Crippen molar-refractivity contribution in [2.75, 3.05) is 13.2 Å². The number of hydrogen-bond acceptors (Lipinski definition) is 6. The minimum atomic E-state index is -1.36. The molecule has 1 aliphatic rings. The van der Waals surface area contributed by atoms with Crippen molar-refractivity contribution in [3.63, 3.8) is 0 Å². The van der Waals surface area contributed by atoms with E-state index in [1.807, 2.05) is 6.92 Å². The van der Waals surface area contributed by atoms with Gasteiger partial charge in [0, 0.05) is 6.61 Å². The maximum absolute atomic E-state index is 9.51. The lowest BCUT2D eigenvalue weighted by molar-refractivity contribution is -0.300. The van der Waals surface area contributed by atoms with Crippen molar-refractivity contribution in [3.05, 3.63) is 0 Å². The van der Waals surface area contributed by atoms with Gasteiger partial charge in [-0.2, -0.15) is 0 Å². The lowest BCUT2D eigenvalue weighted by atomic mass is 9.99. The molecule has 1 saturated heterocycles. The molecule has 0 aliphatic carbocycles. The molecule has 0 spiro atoms. The Hall–Kier alpha value is -0.240. The van der Waals surface area contributed by atoms with Gasteiger partial charge in [0.25, 0.3) is 0 Å². The Morgan fingerprint density at radius 2 is 1.80 bits per heavy atom. The van der Waals surface area contributed by atoms with Crippen LogP contribution in [0.4, 0.5) is 0 Å². The summed E-state index contributed by atoms with van der Waals surface area (Å²) in [7, 11) is 0. The number of aliphatic hydroxyl groups is 4. The molecule has 5 atom stereocenters. The maximum Gasteiger partial charge on any atom is 0.186 e. The lowest BCUT2D eigenvalue weighted by Gasteiger charge is -2.39. The quantitative estimate of drug-likeness (QED) is 0.448. The maximum atomic E-state index is 9.51. The van der Waals surface area contributed by atoms with Crippen LogP contribution in [0.2, 0.25) is 0 Å². The molecule has 15 heavy (non-hydrogen) atoms. The van der Waals surface area contributed by atoms with Crippen LogP contribution >= 0.6 is 0 Å². The first-order valence-electron chi connectivity index (χ1n) is 5.04. The molecule has 0 aromatic rings. The third-order valence-corrected chi connectivity index (χ3v) is 2.33. The molecule has 1 fully saturated rings. The van der Waals surface area contributed by atoms with Crippen LogP contribution in [-0.2, 0) is 9.47 Å². The fraction of sp³-hybridized carbons (Fsp3) is 1.00. The van der Waals surface area contributed by atoms with E-state index in [0.717, 1.165) is 6.42 Å². The summed E-state index contributed by atoms with van der Waals surface area (Å²) in [6, 6.07) is 0. The van der Waals surface area contributed by atoms with Crippen molar-refractivity contribution >= 4 is 0 Å². The third-order valence-electron chi connectivity index (χ3n) is 2.33. The van der Waals surface area contributed by atoms with E-state index in [4.69, 9.17) is 14.6 Å². The van der Waals surface area contributed by atoms with Gasteiger partial charge in [-0.1, -0.05) is 6.92 Å². The average molecular weight is 222 g/mol. The summed E-state index contributed by atoms with van der Waals surface area (Å²) >= 11 is 0. The van der Waals surface area contributed by atoms with Crippen LogP contribution in [0.3, 0.4) is 0 Å². The zero-order chi connectivity index (χ0) is 11.4. The fourth-order valence-corrected chi connectivity index (χ4v) is 1.44. The van der Waals surface area contributed by atoms with E-state index in [1.54, 1.807) is 0 Å². The first kappa shape index (κ1) is 12.8. The van der Waals surface area contributed by atoms with Crippen molar-refractivity contribution < 1.29 is 29.9 Å². The molecule has 0 saturated carbocycles. The molecule has 0 unspecified atom stereocenters. The second-order valence-electron chi connectivity index (χ2n) is 3.57. The summed E-state index contributed by atoms with van der Waals surface area (Å²) in [6.45, 7) is 1.84. The number of rotatable bonds is 4. The van der Waals surface area contributed by atoms with Gasteiger partial charge in [0.05, 0.1) is 6.61 Å². The Morgan fingerprint density at radius 1 is 1.13 bits per heavy atom. The third kappa shape index (κ3) is 2.87. The Labute approximate surface area is 88.1 Å². The molecule has 0 amide bonds. The Kier molecular flexibility index (Phi) is 4.91. The van der Waals surface area contributed by atoms with Crippen LogP contribution < -0.4 is 0 Å². The van der Waals surface area contributed by atoms with Gasteiger partial charge in [0.15, 0.2) is 6.29 Å². The zero-order valence-electron chi connectivity index (χ0n) is 8.61. The summed E-state index contributed by atoms with van der Waals surface area (Å²) in [5, 5.41) is 37.2. The van der Waals surface area contributed by atoms with Crippen molar-refractivity contribution in [3.8, 4) is 0 Å². The lowest BCUT2D eigenvalue weighted by Crippen LogP contribution is -2.59. The predicted octanol–water partition coefficient (Wildman–Crippen LogP) is -1.79. The van der Waals surface area contributed by atoms with Crippen LogP contribution in [0.15, 0.2) is 0 Å². The minimum Gasteiger partial charge on any atom is -0.394 e. The van der Waals surface area contributed by atoms with Crippen LogP contribution in [0, 0.1) is 0 Å². The molecule has 90 valence electrons. The van der Waals surface area contributed by atoms with E-state index in [9.17, 15) is 15.3 Å². The standard InChI is InChI=1S/C9H18O6/c1-2-3-14-9-8(13)7(12)6(11)5(4-10)15-9/h5-13H,2-4H2,1H3/t5-,6-,7+,8-,9-/m0/s1. The first-order valence-corrected chi connectivity index (χ1v) is 5.04. The smallest absolute Gasteiger partial charge is 0.186 e. The molecule has 0 bridgehead atoms. The van der Waals surface area contributed by atoms with Gasteiger partial charge in [0.1, 0.15) is 24.4 Å². The molecule has 4 N–H and O–H groups in total. The number of hydrogen-bond donors (Lipinski definition) is 4. The van der Waals surface area contributed by atoms with Crippen LogP contribution in [0.1, 0.15) is 13.3 Å². The van der Waals surface area contributed by atoms with Crippen molar-refractivity contribution in [2.24, 2.45) is 0 Å². The molecule has 6 nitrogen and oxygen atoms in total. The molecule has 1 aliphatic heterocycles. The largest absolute Gasteiger partial charge is 0.394 e. The molecular weight excluding hydrogens is 204 g/mol. The van der Waals surface area contributed by atoms with E-state index < -0.39 is 37.3 Å². The SMILES string of the molecule is CCCO[C@H]1O[C@@H](CO)[C@H](O)[C@@H](O)[C@@H]1O. The van der Waals surface area contributed by atoms with Gasteiger partial charge in [-0.3, -0.25) is 0 Å². The summed E-state index contributed by atoms with van der Waals surface area (Å²) in [5.74, 6) is 0. The summed E-state index contributed by atoms with van der Waals surface area (Å²) in [6.07, 6.45) is -5.14. The highest BCUT2D eigenvalue weighted by Gasteiger charge is 2.43. The average Bonchev–Trinajstić information content (AvgIpc) is 2.25. The van der Waals surface area contributed by atoms with Crippen molar-refractivity contribution in [2.45, 2.75) is 44.1 Å². The number of aliphatic hydroxyl groups excluding tert-OH is 4. The molecular formula is C9H18O6. The van der Waals surface area contributed by atoms with E-state index >= 15 is 0 Å². The first-order chi connectivity index (χ1) is 7.11. The minimum absolute atomic E-state index is 0.378. The summed E-state index contributed by atoms with van der Waals surface area (Å²) in [5.41, 5.74) is 0. The van der Waals surface area contributed by atoms with Gasteiger partial charge < -0.3 is 29.9 Å². The Morgan fingerprint density at radius 3 is 2.33 bits per heavy atom. The highest BCUT2D eigenvalue weighted by atomic mass is 16.7. The Bertz CT molecular complexity index is 185. The molecule has 0 aromatic heterocycles. The topological polar surface area (TPSA) is 99.4 Å². The van der Waals surface area contributed by atoms with Gasteiger partial charge in [0.2, 0.25) is 0 Å². The van der Waals surface area contributed by atoms with E-state index in [2.05, 4.69) is 0 Å². The summed E-state index contributed by atoms with van der Waals surface area (Å²) < 4.78 is 10.2. The van der Waals surface area contributed by atoms with Crippen molar-refractivity contribution in [1.29, 1.82) is 0 Å². The van der Waals surface area contributed by atoms with Crippen molar-refractivity contribution in [1.82, 2.24) is 0 Å². The molecule has 1 rings (SSSR count). The second kappa shape index (κ2) is 5.74. The molecule has 6 heteroatoms. The van der Waals surface area contributed by atoms with Gasteiger partial charge >= 0.3 is 0 Å². The summed E-state index contributed by atoms with van der Waals surface area (Å²) in [4.78, 5) is 0. The molecule has 1 heterocycles. The second-order valence-corrected chi connectivity index (χ2v) is 3.57. The van der Waals surface area contributed by atoms with Gasteiger partial charge in [-0.25, -0.2) is 0 Å².